The van der Waals surface area contributed by atoms with E-state index in [9.17, 15) is 8.42 Å². The highest BCUT2D eigenvalue weighted by Crippen LogP contribution is 2.11. The number of rotatable bonds is 7. The van der Waals surface area contributed by atoms with Crippen LogP contribution < -0.4 is 4.72 Å². The van der Waals surface area contributed by atoms with E-state index in [4.69, 9.17) is 0 Å². The lowest BCUT2D eigenvalue weighted by atomic mass is 10.1. The largest absolute Gasteiger partial charge is 0.303 e. The molecule has 102 valence electrons. The van der Waals surface area contributed by atoms with Crippen molar-refractivity contribution in [3.05, 3.63) is 0 Å². The number of unbranched alkanes of at least 4 members (excludes halogenated alkanes) is 1. The first kappa shape index (κ1) is 14.9. The van der Waals surface area contributed by atoms with Gasteiger partial charge in [0.25, 0.3) is 0 Å². The number of likely N-dealkylation sites (tertiary alicyclic amines) is 1. The third-order valence-corrected chi connectivity index (χ3v) is 4.76. The van der Waals surface area contributed by atoms with Crippen LogP contribution in [0.3, 0.4) is 0 Å². The lowest BCUT2D eigenvalue weighted by molar-refractivity contribution is 0.208. The molecule has 0 atom stereocenters. The molecule has 5 heteroatoms. The Bertz CT molecular complexity index is 296. The fourth-order valence-corrected chi connectivity index (χ4v) is 3.77. The van der Waals surface area contributed by atoms with Crippen molar-refractivity contribution in [2.75, 3.05) is 25.4 Å². The van der Waals surface area contributed by atoms with Gasteiger partial charge in [-0.2, -0.15) is 0 Å². The zero-order chi connectivity index (χ0) is 12.7. The molecule has 1 fully saturated rings. The summed E-state index contributed by atoms with van der Waals surface area (Å²) in [6.07, 6.45) is 4.75. The summed E-state index contributed by atoms with van der Waals surface area (Å²) in [7, 11) is -3.04. The minimum atomic E-state index is -3.04. The average molecular weight is 262 g/mol. The molecule has 1 heterocycles. The van der Waals surface area contributed by atoms with E-state index in [0.717, 1.165) is 45.3 Å². The third kappa shape index (κ3) is 5.84. The van der Waals surface area contributed by atoms with E-state index in [-0.39, 0.29) is 11.8 Å². The number of sulfonamides is 1. The molecule has 0 aromatic heterocycles. The number of nitrogens with one attached hydrogen (secondary N) is 1. The first-order valence-electron chi connectivity index (χ1n) is 6.79. The molecular weight excluding hydrogens is 236 g/mol. The third-order valence-electron chi connectivity index (χ3n) is 3.24. The van der Waals surface area contributed by atoms with Crippen molar-refractivity contribution in [2.45, 2.75) is 52.0 Å². The number of hydrogen-bond acceptors (Lipinski definition) is 3. The molecule has 0 saturated carbocycles. The predicted molar refractivity (Wildman–Crippen MR) is 71.6 cm³/mol. The van der Waals surface area contributed by atoms with Crippen LogP contribution in [0.15, 0.2) is 0 Å². The van der Waals surface area contributed by atoms with Gasteiger partial charge in [-0.25, -0.2) is 13.1 Å². The van der Waals surface area contributed by atoms with Crippen molar-refractivity contribution in [1.29, 1.82) is 0 Å². The van der Waals surface area contributed by atoms with Crippen LogP contribution in [0, 0.1) is 0 Å². The fourth-order valence-electron chi connectivity index (χ4n) is 2.24. The van der Waals surface area contributed by atoms with Crippen molar-refractivity contribution in [2.24, 2.45) is 0 Å². The molecule has 0 radical (unpaired) electrons. The Morgan fingerprint density at radius 2 is 1.82 bits per heavy atom. The maximum absolute atomic E-state index is 11.7. The molecule has 0 spiro atoms. The van der Waals surface area contributed by atoms with Crippen LogP contribution >= 0.6 is 0 Å². The summed E-state index contributed by atoms with van der Waals surface area (Å²) >= 11 is 0. The summed E-state index contributed by atoms with van der Waals surface area (Å²) in [5, 5.41) is 0. The van der Waals surface area contributed by atoms with Crippen molar-refractivity contribution >= 4 is 10.0 Å². The van der Waals surface area contributed by atoms with Crippen LogP contribution in [-0.4, -0.2) is 44.7 Å². The van der Waals surface area contributed by atoms with Gasteiger partial charge in [-0.3, -0.25) is 0 Å². The molecular formula is C12H26N2O2S. The Kier molecular flexibility index (Phi) is 6.44. The van der Waals surface area contributed by atoms with E-state index in [0.29, 0.717) is 0 Å². The maximum atomic E-state index is 11.7. The second-order valence-corrected chi connectivity index (χ2v) is 6.78. The molecule has 0 aliphatic carbocycles. The first-order valence-corrected chi connectivity index (χ1v) is 8.45. The van der Waals surface area contributed by atoms with Gasteiger partial charge < -0.3 is 4.90 Å². The standard InChI is InChI=1S/C12H26N2O2S/c1-3-5-11-17(15,16)13-12-6-9-14(8-4-2)10-7-12/h12-13H,3-11H2,1-2H3. The molecule has 0 unspecified atom stereocenters. The summed E-state index contributed by atoms with van der Waals surface area (Å²) in [6.45, 7) is 7.37. The Labute approximate surface area is 106 Å². The van der Waals surface area contributed by atoms with Gasteiger partial charge in [0.1, 0.15) is 0 Å². The number of nitrogens with zero attached hydrogens (tertiary/aromatic N) is 1. The highest BCUT2D eigenvalue weighted by atomic mass is 32.2. The van der Waals surface area contributed by atoms with E-state index in [1.54, 1.807) is 0 Å². The Morgan fingerprint density at radius 1 is 1.18 bits per heavy atom. The molecule has 1 aliphatic heterocycles. The van der Waals surface area contributed by atoms with Crippen molar-refractivity contribution in [3.8, 4) is 0 Å². The molecule has 0 bridgehead atoms. The van der Waals surface area contributed by atoms with E-state index in [1.807, 2.05) is 6.92 Å². The van der Waals surface area contributed by atoms with Crippen LogP contribution in [0.5, 0.6) is 0 Å². The minimum Gasteiger partial charge on any atom is -0.303 e. The number of hydrogen-bond donors (Lipinski definition) is 1. The monoisotopic (exact) mass is 262 g/mol. The maximum Gasteiger partial charge on any atom is 0.211 e. The molecule has 4 nitrogen and oxygen atoms in total. The van der Waals surface area contributed by atoms with Gasteiger partial charge in [-0.05, 0) is 45.3 Å². The SMILES string of the molecule is CCCCS(=O)(=O)NC1CCN(CCC)CC1. The topological polar surface area (TPSA) is 49.4 Å². The lowest BCUT2D eigenvalue weighted by Gasteiger charge is -2.31. The van der Waals surface area contributed by atoms with Crippen LogP contribution in [0.2, 0.25) is 0 Å². The van der Waals surface area contributed by atoms with E-state index in [2.05, 4.69) is 16.5 Å². The van der Waals surface area contributed by atoms with Crippen LogP contribution in [0.4, 0.5) is 0 Å². The van der Waals surface area contributed by atoms with Crippen molar-refractivity contribution in [1.82, 2.24) is 9.62 Å². The van der Waals surface area contributed by atoms with Crippen molar-refractivity contribution < 1.29 is 8.42 Å². The van der Waals surface area contributed by atoms with Crippen LogP contribution in [0.25, 0.3) is 0 Å². The van der Waals surface area contributed by atoms with Gasteiger partial charge in [0.2, 0.25) is 10.0 Å². The Balaban J connectivity index is 2.30. The van der Waals surface area contributed by atoms with E-state index >= 15 is 0 Å². The van der Waals surface area contributed by atoms with Gasteiger partial charge in [-0.1, -0.05) is 20.3 Å². The second kappa shape index (κ2) is 7.34. The second-order valence-electron chi connectivity index (χ2n) is 4.91. The van der Waals surface area contributed by atoms with E-state index < -0.39 is 10.0 Å². The molecule has 1 aliphatic rings. The number of piperidine rings is 1. The summed E-state index contributed by atoms with van der Waals surface area (Å²) in [5.41, 5.74) is 0. The Morgan fingerprint density at radius 3 is 2.35 bits per heavy atom. The molecule has 0 aromatic carbocycles. The first-order chi connectivity index (χ1) is 8.07. The summed E-state index contributed by atoms with van der Waals surface area (Å²) < 4.78 is 26.3. The molecule has 0 amide bonds. The molecule has 17 heavy (non-hydrogen) atoms. The minimum absolute atomic E-state index is 0.157. The molecule has 0 aromatic rings. The van der Waals surface area contributed by atoms with Gasteiger partial charge >= 0.3 is 0 Å². The summed E-state index contributed by atoms with van der Waals surface area (Å²) in [4.78, 5) is 2.41. The van der Waals surface area contributed by atoms with Gasteiger partial charge in [0, 0.05) is 6.04 Å². The van der Waals surface area contributed by atoms with E-state index in [1.165, 1.54) is 6.42 Å². The van der Waals surface area contributed by atoms with Crippen LogP contribution in [-0.2, 0) is 10.0 Å². The molecule has 1 saturated heterocycles. The molecule has 1 rings (SSSR count). The van der Waals surface area contributed by atoms with Gasteiger partial charge in [0.15, 0.2) is 0 Å². The van der Waals surface area contributed by atoms with Crippen LogP contribution in [0.1, 0.15) is 46.0 Å². The summed E-state index contributed by atoms with van der Waals surface area (Å²) in [6, 6.07) is 0.157. The predicted octanol–water partition coefficient (Wildman–Crippen LogP) is 1.58. The zero-order valence-electron chi connectivity index (χ0n) is 11.1. The van der Waals surface area contributed by atoms with Gasteiger partial charge in [0.05, 0.1) is 5.75 Å². The quantitative estimate of drug-likeness (QED) is 0.758. The normalized spacial score (nSPS) is 19.6. The lowest BCUT2D eigenvalue weighted by Crippen LogP contribution is -2.45. The zero-order valence-corrected chi connectivity index (χ0v) is 11.9. The summed E-state index contributed by atoms with van der Waals surface area (Å²) in [5.74, 6) is 0.276. The fraction of sp³-hybridized carbons (Fsp3) is 1.00. The van der Waals surface area contributed by atoms with Crippen molar-refractivity contribution in [3.63, 3.8) is 0 Å². The highest BCUT2D eigenvalue weighted by molar-refractivity contribution is 7.89. The Hall–Kier alpha value is -0.130. The smallest absolute Gasteiger partial charge is 0.211 e. The average Bonchev–Trinajstić information content (AvgIpc) is 2.29. The highest BCUT2D eigenvalue weighted by Gasteiger charge is 2.22. The van der Waals surface area contributed by atoms with Gasteiger partial charge in [-0.15, -0.1) is 0 Å². The molecule has 1 N–H and O–H groups in total.